The van der Waals surface area contributed by atoms with E-state index in [4.69, 9.17) is 11.2 Å². The van der Waals surface area contributed by atoms with Crippen LogP contribution in [-0.2, 0) is 0 Å². The number of hydrogen-bond donors (Lipinski definition) is 0. The molecule has 0 amide bonds. The van der Waals surface area contributed by atoms with Gasteiger partial charge < -0.3 is 4.74 Å². The van der Waals surface area contributed by atoms with Gasteiger partial charge in [-0.2, -0.15) is 0 Å². The predicted octanol–water partition coefficient (Wildman–Crippen LogP) is 1.70. The minimum Gasteiger partial charge on any atom is -0.492 e. The number of hydrogen-bond acceptors (Lipinski definition) is 2. The molecule has 2 nitrogen and oxygen atoms in total. The largest absolute Gasteiger partial charge is 0.492 e. The minimum absolute atomic E-state index is 0.205. The molecule has 2 heteroatoms. The average Bonchev–Trinajstić information content (AvgIpc) is 2.38. The van der Waals surface area contributed by atoms with Crippen LogP contribution in [0.1, 0.15) is 5.56 Å². The van der Waals surface area contributed by atoms with E-state index in [9.17, 15) is 4.79 Å². The number of rotatable bonds is 2. The van der Waals surface area contributed by atoms with Crippen LogP contribution in [-0.4, -0.2) is 7.11 Å². The van der Waals surface area contributed by atoms with E-state index < -0.39 is 0 Å². The summed E-state index contributed by atoms with van der Waals surface area (Å²) in [6.07, 6.45) is 5.21. The first-order chi connectivity index (χ1) is 6.70. The maximum absolute atomic E-state index is 11.5. The van der Waals surface area contributed by atoms with Crippen molar-refractivity contribution in [2.75, 3.05) is 7.11 Å². The summed E-state index contributed by atoms with van der Waals surface area (Å²) in [5, 5.41) is 0. The van der Waals surface area contributed by atoms with Gasteiger partial charge in [0.2, 0.25) is 5.43 Å². The Hall–Kier alpha value is -2.01. The van der Waals surface area contributed by atoms with Gasteiger partial charge in [0.1, 0.15) is 0 Å². The molecule has 0 fully saturated rings. The lowest BCUT2D eigenvalue weighted by Crippen LogP contribution is -2.02. The maximum atomic E-state index is 11.5. The molecule has 0 aliphatic heterocycles. The fourth-order valence-electron chi connectivity index (χ4n) is 1.10. The van der Waals surface area contributed by atoms with Crippen LogP contribution in [0.2, 0.25) is 0 Å². The normalized spacial score (nSPS) is 8.86. The van der Waals surface area contributed by atoms with Crippen LogP contribution in [0, 0.1) is 12.3 Å². The molecule has 0 heterocycles. The van der Waals surface area contributed by atoms with Crippen LogP contribution in [0.25, 0.3) is 5.57 Å². The fraction of sp³-hybridized carbons (Fsp3) is 0.0833. The Balaban J connectivity index is 3.53. The Bertz CT molecular complexity index is 453. The first-order valence-corrected chi connectivity index (χ1v) is 4.04. The lowest BCUT2D eigenvalue weighted by Gasteiger charge is -2.01. The summed E-state index contributed by atoms with van der Waals surface area (Å²) in [5.41, 5.74) is 0.795. The predicted molar refractivity (Wildman–Crippen MR) is 57.1 cm³/mol. The second kappa shape index (κ2) is 4.29. The van der Waals surface area contributed by atoms with Crippen LogP contribution in [0.15, 0.2) is 35.6 Å². The molecule has 1 rings (SSSR count). The zero-order valence-corrected chi connectivity index (χ0v) is 7.91. The number of ether oxygens (including phenoxy) is 1. The Morgan fingerprint density at radius 2 is 2.14 bits per heavy atom. The lowest BCUT2D eigenvalue weighted by molar-refractivity contribution is 0.410. The molecular weight excluding hydrogens is 176 g/mol. The first-order valence-electron chi connectivity index (χ1n) is 4.04. The van der Waals surface area contributed by atoms with Gasteiger partial charge in [0.25, 0.3) is 0 Å². The monoisotopic (exact) mass is 186 g/mol. The van der Waals surface area contributed by atoms with Gasteiger partial charge in [-0.1, -0.05) is 24.6 Å². The summed E-state index contributed by atoms with van der Waals surface area (Å²) in [4.78, 5) is 11.5. The summed E-state index contributed by atoms with van der Waals surface area (Å²) in [7, 11) is 1.43. The standard InChI is InChI=1S/C12H10O2/c1-4-9(2)10-7-5-6-8-11(13)12(10)14-3/h1,5-8H,2H2,3H3. The summed E-state index contributed by atoms with van der Waals surface area (Å²) in [5.74, 6) is 2.62. The number of terminal acetylenes is 1. The quantitative estimate of drug-likeness (QED) is 0.657. The molecule has 0 N–H and O–H groups in total. The first kappa shape index (κ1) is 10.1. The Labute approximate surface area is 82.9 Å². The summed E-state index contributed by atoms with van der Waals surface area (Å²) >= 11 is 0. The van der Waals surface area contributed by atoms with E-state index in [0.717, 1.165) is 0 Å². The minimum atomic E-state index is -0.205. The van der Waals surface area contributed by atoms with Gasteiger partial charge in [0.15, 0.2) is 5.75 Å². The van der Waals surface area contributed by atoms with E-state index in [-0.39, 0.29) is 11.2 Å². The molecule has 0 aliphatic rings. The van der Waals surface area contributed by atoms with Crippen molar-refractivity contribution in [1.82, 2.24) is 0 Å². The topological polar surface area (TPSA) is 26.3 Å². The van der Waals surface area contributed by atoms with E-state index in [1.54, 1.807) is 18.2 Å². The van der Waals surface area contributed by atoms with Gasteiger partial charge in [-0.05, 0) is 12.1 Å². The van der Waals surface area contributed by atoms with Crippen molar-refractivity contribution >= 4 is 5.57 Å². The lowest BCUT2D eigenvalue weighted by atomic mass is 10.1. The molecule has 0 saturated heterocycles. The maximum Gasteiger partial charge on any atom is 0.221 e. The highest BCUT2D eigenvalue weighted by Gasteiger charge is 2.06. The van der Waals surface area contributed by atoms with Crippen molar-refractivity contribution < 1.29 is 4.74 Å². The van der Waals surface area contributed by atoms with Gasteiger partial charge in [-0.15, -0.1) is 6.42 Å². The SMILES string of the molecule is C#CC(=C)c1ccccc(=O)c1OC. The molecule has 70 valence electrons. The summed E-state index contributed by atoms with van der Waals surface area (Å²) in [6.45, 7) is 3.67. The van der Waals surface area contributed by atoms with Crippen molar-refractivity contribution in [1.29, 1.82) is 0 Å². The molecule has 1 aromatic carbocycles. The molecule has 0 unspecified atom stereocenters. The van der Waals surface area contributed by atoms with E-state index in [2.05, 4.69) is 12.5 Å². The highest BCUT2D eigenvalue weighted by Crippen LogP contribution is 2.18. The average molecular weight is 186 g/mol. The molecule has 0 aliphatic carbocycles. The fourth-order valence-corrected chi connectivity index (χ4v) is 1.10. The summed E-state index contributed by atoms with van der Waals surface area (Å²) in [6, 6.07) is 6.49. The van der Waals surface area contributed by atoms with Crippen LogP contribution in [0.4, 0.5) is 0 Å². The van der Waals surface area contributed by atoms with Crippen molar-refractivity contribution in [3.8, 4) is 18.1 Å². The third kappa shape index (κ3) is 1.83. The molecule has 0 saturated carbocycles. The molecule has 1 aromatic rings. The Morgan fingerprint density at radius 3 is 2.71 bits per heavy atom. The van der Waals surface area contributed by atoms with E-state index in [1.807, 2.05) is 0 Å². The van der Waals surface area contributed by atoms with Crippen LogP contribution in [0.5, 0.6) is 5.75 Å². The third-order valence-corrected chi connectivity index (χ3v) is 1.79. The summed E-state index contributed by atoms with van der Waals surface area (Å²) < 4.78 is 4.99. The molecule has 0 spiro atoms. The van der Waals surface area contributed by atoms with Crippen LogP contribution < -0.4 is 10.2 Å². The zero-order chi connectivity index (χ0) is 10.6. The van der Waals surface area contributed by atoms with Gasteiger partial charge in [-0.25, -0.2) is 0 Å². The van der Waals surface area contributed by atoms with Crippen molar-refractivity contribution in [3.63, 3.8) is 0 Å². The third-order valence-electron chi connectivity index (χ3n) is 1.79. The highest BCUT2D eigenvalue weighted by molar-refractivity contribution is 5.79. The van der Waals surface area contributed by atoms with Gasteiger partial charge >= 0.3 is 0 Å². The smallest absolute Gasteiger partial charge is 0.221 e. The van der Waals surface area contributed by atoms with E-state index >= 15 is 0 Å². The number of methoxy groups -OCH3 is 1. The Kier molecular flexibility index (Phi) is 3.09. The van der Waals surface area contributed by atoms with Gasteiger partial charge in [-0.3, -0.25) is 4.79 Å². The van der Waals surface area contributed by atoms with Crippen molar-refractivity contribution in [2.24, 2.45) is 0 Å². The molecular formula is C12H10O2. The second-order valence-corrected chi connectivity index (χ2v) is 2.65. The molecule has 0 aromatic heterocycles. The molecule has 0 atom stereocenters. The highest BCUT2D eigenvalue weighted by atomic mass is 16.5. The van der Waals surface area contributed by atoms with Crippen LogP contribution in [0.3, 0.4) is 0 Å². The van der Waals surface area contributed by atoms with Crippen molar-refractivity contribution in [3.05, 3.63) is 46.6 Å². The number of allylic oxidation sites excluding steroid dienone is 1. The van der Waals surface area contributed by atoms with Gasteiger partial charge in [0, 0.05) is 11.1 Å². The Morgan fingerprint density at radius 1 is 1.50 bits per heavy atom. The van der Waals surface area contributed by atoms with E-state index in [0.29, 0.717) is 11.1 Å². The molecule has 0 radical (unpaired) electrons. The zero-order valence-electron chi connectivity index (χ0n) is 7.91. The van der Waals surface area contributed by atoms with Gasteiger partial charge in [0.05, 0.1) is 7.11 Å². The molecule has 0 bridgehead atoms. The van der Waals surface area contributed by atoms with Crippen LogP contribution >= 0.6 is 0 Å². The van der Waals surface area contributed by atoms with Crippen molar-refractivity contribution in [2.45, 2.75) is 0 Å². The van der Waals surface area contributed by atoms with E-state index in [1.165, 1.54) is 13.2 Å². The second-order valence-electron chi connectivity index (χ2n) is 2.65. The molecule has 14 heavy (non-hydrogen) atoms.